The minimum Gasteiger partial charge on any atom is -0.508 e. The zero-order chi connectivity index (χ0) is 17.6. The highest BCUT2D eigenvalue weighted by Crippen LogP contribution is 2.31. The molecule has 1 heterocycles. The van der Waals surface area contributed by atoms with Gasteiger partial charge in [0, 0.05) is 13.1 Å². The van der Waals surface area contributed by atoms with Crippen molar-refractivity contribution in [3.05, 3.63) is 59.2 Å². The highest BCUT2D eigenvalue weighted by Gasteiger charge is 2.21. The Kier molecular flexibility index (Phi) is 5.95. The van der Waals surface area contributed by atoms with E-state index in [-0.39, 0.29) is 6.04 Å². The summed E-state index contributed by atoms with van der Waals surface area (Å²) in [4.78, 5) is 2.35. The lowest BCUT2D eigenvalue weighted by Gasteiger charge is -2.27. The molecule has 0 aromatic heterocycles. The van der Waals surface area contributed by atoms with Gasteiger partial charge in [-0.25, -0.2) is 0 Å². The second kappa shape index (κ2) is 8.37. The van der Waals surface area contributed by atoms with Crippen LogP contribution in [0.1, 0.15) is 36.6 Å². The second-order valence-corrected chi connectivity index (χ2v) is 6.46. The number of nitrogens with one attached hydrogen (secondary N) is 1. The molecule has 0 saturated carbocycles. The predicted octanol–water partition coefficient (Wildman–Crippen LogP) is 3.35. The molecule has 1 atom stereocenters. The van der Waals surface area contributed by atoms with Crippen LogP contribution in [0.2, 0.25) is 0 Å². The van der Waals surface area contributed by atoms with Crippen LogP contribution in [0.25, 0.3) is 0 Å². The lowest BCUT2D eigenvalue weighted by atomic mass is 9.90. The molecule has 4 nitrogen and oxygen atoms in total. The van der Waals surface area contributed by atoms with Crippen LogP contribution in [0.4, 0.5) is 0 Å². The van der Waals surface area contributed by atoms with E-state index in [0.717, 1.165) is 38.3 Å². The highest BCUT2D eigenvalue weighted by molar-refractivity contribution is 5.44. The molecule has 0 spiro atoms. The third kappa shape index (κ3) is 4.33. The van der Waals surface area contributed by atoms with Crippen LogP contribution in [-0.2, 0) is 6.42 Å². The molecule has 25 heavy (non-hydrogen) atoms. The molecule has 1 aliphatic rings. The Morgan fingerprint density at radius 1 is 1.12 bits per heavy atom. The number of rotatable bonds is 7. The fourth-order valence-corrected chi connectivity index (χ4v) is 3.44. The molecule has 3 rings (SSSR count). The van der Waals surface area contributed by atoms with Gasteiger partial charge in [0.2, 0.25) is 0 Å². The van der Waals surface area contributed by atoms with Gasteiger partial charge in [0.15, 0.2) is 0 Å². The van der Waals surface area contributed by atoms with Crippen molar-refractivity contribution in [3.8, 4) is 11.5 Å². The van der Waals surface area contributed by atoms with Gasteiger partial charge in [-0.1, -0.05) is 32.0 Å². The van der Waals surface area contributed by atoms with Crippen molar-refractivity contribution in [3.63, 3.8) is 0 Å². The van der Waals surface area contributed by atoms with Gasteiger partial charge in [-0.05, 0) is 60.5 Å². The van der Waals surface area contributed by atoms with E-state index in [1.54, 1.807) is 6.07 Å². The number of hydrogen-bond acceptors (Lipinski definition) is 4. The summed E-state index contributed by atoms with van der Waals surface area (Å²) in [5.41, 5.74) is 3.70. The number of aromatic hydroxyl groups is 1. The average Bonchev–Trinajstić information content (AvgIpc) is 2.65. The fraction of sp³-hybridized carbons (Fsp3) is 0.429. The summed E-state index contributed by atoms with van der Waals surface area (Å²) in [5.74, 6) is 1.26. The number of fused-ring (bicyclic) bond motifs is 1. The SMILES string of the molecule is CCN(CC)CCOc1ccc(C2NCCc3cc(O)ccc32)cc1. The molecule has 2 aromatic carbocycles. The normalized spacial score (nSPS) is 16.7. The number of benzene rings is 2. The molecule has 1 unspecified atom stereocenters. The molecular formula is C21H28N2O2. The van der Waals surface area contributed by atoms with E-state index < -0.39 is 0 Å². The Labute approximate surface area is 150 Å². The maximum atomic E-state index is 9.70. The van der Waals surface area contributed by atoms with Crippen molar-refractivity contribution in [2.24, 2.45) is 0 Å². The number of ether oxygens (including phenoxy) is 1. The molecule has 1 aliphatic heterocycles. The summed E-state index contributed by atoms with van der Waals surface area (Å²) in [6.07, 6.45) is 0.951. The zero-order valence-electron chi connectivity index (χ0n) is 15.2. The number of phenols is 1. The Morgan fingerprint density at radius 2 is 1.88 bits per heavy atom. The van der Waals surface area contributed by atoms with Crippen LogP contribution < -0.4 is 10.1 Å². The summed E-state index contributed by atoms with van der Waals surface area (Å²) in [6, 6.07) is 14.2. The van der Waals surface area contributed by atoms with Crippen LogP contribution in [0, 0.1) is 0 Å². The lowest BCUT2D eigenvalue weighted by Crippen LogP contribution is -2.30. The van der Waals surface area contributed by atoms with Crippen LogP contribution in [-0.4, -0.2) is 42.8 Å². The molecule has 0 saturated heterocycles. The number of likely N-dealkylation sites (N-methyl/N-ethyl adjacent to an activating group) is 1. The smallest absolute Gasteiger partial charge is 0.119 e. The molecule has 134 valence electrons. The summed E-state index contributed by atoms with van der Waals surface area (Å²) >= 11 is 0. The van der Waals surface area contributed by atoms with E-state index in [1.165, 1.54) is 16.7 Å². The van der Waals surface area contributed by atoms with Gasteiger partial charge in [-0.15, -0.1) is 0 Å². The molecule has 0 bridgehead atoms. The van der Waals surface area contributed by atoms with Gasteiger partial charge in [-0.3, -0.25) is 0 Å². The Morgan fingerprint density at radius 3 is 2.60 bits per heavy atom. The molecular weight excluding hydrogens is 312 g/mol. The van der Waals surface area contributed by atoms with Gasteiger partial charge in [0.1, 0.15) is 18.1 Å². The summed E-state index contributed by atoms with van der Waals surface area (Å²) in [7, 11) is 0. The number of nitrogens with zero attached hydrogens (tertiary/aromatic N) is 1. The Balaban J connectivity index is 1.65. The third-order valence-electron chi connectivity index (χ3n) is 4.96. The quantitative estimate of drug-likeness (QED) is 0.811. The average molecular weight is 340 g/mol. The minimum atomic E-state index is 0.175. The third-order valence-corrected chi connectivity index (χ3v) is 4.96. The summed E-state index contributed by atoms with van der Waals surface area (Å²) in [6.45, 7) is 9.05. The van der Waals surface area contributed by atoms with Crippen molar-refractivity contribution >= 4 is 0 Å². The first-order valence-corrected chi connectivity index (χ1v) is 9.21. The molecule has 0 amide bonds. The van der Waals surface area contributed by atoms with Gasteiger partial charge < -0.3 is 20.1 Å². The van der Waals surface area contributed by atoms with E-state index >= 15 is 0 Å². The first kappa shape index (κ1) is 17.8. The molecule has 0 aliphatic carbocycles. The van der Waals surface area contributed by atoms with E-state index in [4.69, 9.17) is 4.74 Å². The van der Waals surface area contributed by atoms with Gasteiger partial charge in [0.25, 0.3) is 0 Å². The predicted molar refractivity (Wildman–Crippen MR) is 101 cm³/mol. The molecule has 4 heteroatoms. The first-order valence-electron chi connectivity index (χ1n) is 9.21. The number of phenolic OH excluding ortho intramolecular Hbond substituents is 1. The standard InChI is InChI=1S/C21H28N2O2/c1-3-23(4-2)13-14-25-19-8-5-16(6-9-19)21-20-10-7-18(24)15-17(20)11-12-22-21/h5-10,15,21-22,24H,3-4,11-14H2,1-2H3. The summed E-state index contributed by atoms with van der Waals surface area (Å²) < 4.78 is 5.87. The maximum absolute atomic E-state index is 9.70. The number of hydrogen-bond donors (Lipinski definition) is 2. The highest BCUT2D eigenvalue weighted by atomic mass is 16.5. The van der Waals surface area contributed by atoms with Crippen molar-refractivity contribution in [2.45, 2.75) is 26.3 Å². The van der Waals surface area contributed by atoms with Gasteiger partial charge >= 0.3 is 0 Å². The molecule has 0 fully saturated rings. The van der Waals surface area contributed by atoms with Crippen molar-refractivity contribution in [2.75, 3.05) is 32.8 Å². The molecule has 2 aromatic rings. The van der Waals surface area contributed by atoms with E-state index in [0.29, 0.717) is 12.4 Å². The maximum Gasteiger partial charge on any atom is 0.119 e. The molecule has 0 radical (unpaired) electrons. The van der Waals surface area contributed by atoms with E-state index in [1.807, 2.05) is 24.3 Å². The van der Waals surface area contributed by atoms with Gasteiger partial charge in [0.05, 0.1) is 6.04 Å². The van der Waals surface area contributed by atoms with Crippen molar-refractivity contribution < 1.29 is 9.84 Å². The van der Waals surface area contributed by atoms with Crippen LogP contribution in [0.15, 0.2) is 42.5 Å². The fourth-order valence-electron chi connectivity index (χ4n) is 3.44. The first-order chi connectivity index (χ1) is 12.2. The largest absolute Gasteiger partial charge is 0.508 e. The van der Waals surface area contributed by atoms with Crippen LogP contribution in [0.3, 0.4) is 0 Å². The topological polar surface area (TPSA) is 44.7 Å². The van der Waals surface area contributed by atoms with E-state index in [9.17, 15) is 5.11 Å². The summed E-state index contributed by atoms with van der Waals surface area (Å²) in [5, 5.41) is 13.3. The second-order valence-electron chi connectivity index (χ2n) is 6.46. The Bertz CT molecular complexity index is 681. The molecule has 2 N–H and O–H groups in total. The van der Waals surface area contributed by atoms with Crippen LogP contribution >= 0.6 is 0 Å². The van der Waals surface area contributed by atoms with Crippen molar-refractivity contribution in [1.29, 1.82) is 0 Å². The van der Waals surface area contributed by atoms with E-state index in [2.05, 4.69) is 36.2 Å². The minimum absolute atomic E-state index is 0.175. The van der Waals surface area contributed by atoms with Crippen molar-refractivity contribution in [1.82, 2.24) is 10.2 Å². The van der Waals surface area contributed by atoms with Crippen LogP contribution in [0.5, 0.6) is 11.5 Å². The van der Waals surface area contributed by atoms with Gasteiger partial charge in [-0.2, -0.15) is 0 Å². The zero-order valence-corrected chi connectivity index (χ0v) is 15.2. The monoisotopic (exact) mass is 340 g/mol. The lowest BCUT2D eigenvalue weighted by molar-refractivity contribution is 0.223. The Hall–Kier alpha value is -2.04.